The molecule has 0 fully saturated rings. The van der Waals surface area contributed by atoms with Crippen LogP contribution in [0.3, 0.4) is 0 Å². The van der Waals surface area contributed by atoms with Gasteiger partial charge in [-0.15, -0.1) is 11.6 Å². The highest BCUT2D eigenvalue weighted by atomic mass is 35.5. The number of aromatic nitrogens is 4. The molecule has 5 nitrogen and oxygen atoms in total. The Balaban J connectivity index is 2.75. The van der Waals surface area contributed by atoms with Crippen LogP contribution in [0.2, 0.25) is 0 Å². The fraction of sp³-hybridized carbons (Fsp3) is 0.643. The van der Waals surface area contributed by atoms with E-state index in [0.717, 1.165) is 17.9 Å². The molecule has 0 bridgehead atoms. The van der Waals surface area contributed by atoms with Gasteiger partial charge in [0, 0.05) is 6.04 Å². The van der Waals surface area contributed by atoms with Crippen molar-refractivity contribution in [2.75, 3.05) is 7.11 Å². The fourth-order valence-corrected chi connectivity index (χ4v) is 2.77. The molecule has 110 valence electrons. The molecule has 0 aliphatic rings. The second kappa shape index (κ2) is 5.95. The Morgan fingerprint density at radius 2 is 2.00 bits per heavy atom. The maximum atomic E-state index is 6.31. The number of alkyl halides is 1. The largest absolute Gasteiger partial charge is 0.479 e. The molecule has 0 amide bonds. The van der Waals surface area contributed by atoms with Crippen molar-refractivity contribution >= 4 is 22.8 Å². The van der Waals surface area contributed by atoms with Gasteiger partial charge in [-0.3, -0.25) is 0 Å². The Morgan fingerprint density at radius 1 is 1.30 bits per heavy atom. The highest BCUT2D eigenvalue weighted by molar-refractivity contribution is 6.20. The molecule has 0 aliphatic heterocycles. The first kappa shape index (κ1) is 15.0. The normalized spacial score (nSPS) is 14.8. The van der Waals surface area contributed by atoms with E-state index in [2.05, 4.69) is 40.3 Å². The third kappa shape index (κ3) is 2.46. The van der Waals surface area contributed by atoms with Crippen LogP contribution >= 0.6 is 11.6 Å². The predicted octanol–water partition coefficient (Wildman–Crippen LogP) is 3.74. The summed E-state index contributed by atoms with van der Waals surface area (Å²) in [7, 11) is 1.59. The molecule has 2 atom stereocenters. The van der Waals surface area contributed by atoms with Gasteiger partial charge in [-0.25, -0.2) is 9.97 Å². The SMILES string of the molecule is CCC(C(C)C)n1c(C(C)Cl)nc2c(OC)ncnc21. The summed E-state index contributed by atoms with van der Waals surface area (Å²) in [5, 5.41) is -0.193. The van der Waals surface area contributed by atoms with E-state index in [1.807, 2.05) is 6.92 Å². The van der Waals surface area contributed by atoms with Gasteiger partial charge in [-0.2, -0.15) is 4.98 Å². The van der Waals surface area contributed by atoms with E-state index in [0.29, 0.717) is 23.4 Å². The minimum Gasteiger partial charge on any atom is -0.479 e. The van der Waals surface area contributed by atoms with Crippen LogP contribution in [0.1, 0.15) is 51.4 Å². The predicted molar refractivity (Wildman–Crippen MR) is 80.3 cm³/mol. The maximum Gasteiger partial charge on any atom is 0.245 e. The Kier molecular flexibility index (Phi) is 4.48. The Labute approximate surface area is 124 Å². The number of rotatable bonds is 5. The number of imidazole rings is 1. The molecule has 6 heteroatoms. The molecular formula is C14H21ClN4O. The molecule has 0 N–H and O–H groups in total. The molecule has 0 radical (unpaired) electrons. The van der Waals surface area contributed by atoms with Crippen LogP contribution in [0, 0.1) is 5.92 Å². The standard InChI is InChI=1S/C14H21ClN4O/c1-6-10(8(2)3)19-12(9(4)15)18-11-13(19)16-7-17-14(11)20-5/h7-10H,6H2,1-5H3. The van der Waals surface area contributed by atoms with Gasteiger partial charge in [-0.1, -0.05) is 20.8 Å². The van der Waals surface area contributed by atoms with E-state index < -0.39 is 0 Å². The Bertz CT molecular complexity index is 594. The zero-order valence-electron chi connectivity index (χ0n) is 12.6. The lowest BCUT2D eigenvalue weighted by Gasteiger charge is -2.24. The van der Waals surface area contributed by atoms with E-state index in [4.69, 9.17) is 16.3 Å². The number of hydrogen-bond donors (Lipinski definition) is 0. The molecular weight excluding hydrogens is 276 g/mol. The van der Waals surface area contributed by atoms with Gasteiger partial charge in [0.15, 0.2) is 11.2 Å². The lowest BCUT2D eigenvalue weighted by molar-refractivity contribution is 0.362. The summed E-state index contributed by atoms with van der Waals surface area (Å²) < 4.78 is 7.42. The molecule has 2 unspecified atom stereocenters. The van der Waals surface area contributed by atoms with E-state index in [-0.39, 0.29) is 5.38 Å². The highest BCUT2D eigenvalue weighted by Crippen LogP contribution is 2.33. The summed E-state index contributed by atoms with van der Waals surface area (Å²) in [4.78, 5) is 13.1. The number of hydrogen-bond acceptors (Lipinski definition) is 4. The summed E-state index contributed by atoms with van der Waals surface area (Å²) in [6, 6.07) is 0.302. The lowest BCUT2D eigenvalue weighted by atomic mass is 10.0. The topological polar surface area (TPSA) is 52.8 Å². The van der Waals surface area contributed by atoms with Gasteiger partial charge in [0.2, 0.25) is 5.88 Å². The molecule has 20 heavy (non-hydrogen) atoms. The zero-order valence-corrected chi connectivity index (χ0v) is 13.3. The molecule has 2 aromatic heterocycles. The van der Waals surface area contributed by atoms with Crippen LogP contribution in [-0.4, -0.2) is 26.6 Å². The van der Waals surface area contributed by atoms with Crippen molar-refractivity contribution in [3.8, 4) is 5.88 Å². The van der Waals surface area contributed by atoms with Crippen molar-refractivity contribution < 1.29 is 4.74 Å². The van der Waals surface area contributed by atoms with Crippen LogP contribution in [0.25, 0.3) is 11.2 Å². The van der Waals surface area contributed by atoms with Crippen molar-refractivity contribution in [2.24, 2.45) is 5.92 Å². The summed E-state index contributed by atoms with van der Waals surface area (Å²) in [6.45, 7) is 8.48. The average Bonchev–Trinajstić information content (AvgIpc) is 2.79. The van der Waals surface area contributed by atoms with Gasteiger partial charge in [-0.05, 0) is 19.3 Å². The molecule has 0 saturated heterocycles. The van der Waals surface area contributed by atoms with E-state index in [1.165, 1.54) is 6.33 Å². The number of halogens is 1. The minimum absolute atomic E-state index is 0.193. The first-order valence-corrected chi connectivity index (χ1v) is 7.35. The van der Waals surface area contributed by atoms with Crippen molar-refractivity contribution in [1.82, 2.24) is 19.5 Å². The van der Waals surface area contributed by atoms with Crippen LogP contribution in [0.5, 0.6) is 5.88 Å². The van der Waals surface area contributed by atoms with Crippen molar-refractivity contribution in [3.05, 3.63) is 12.2 Å². The summed E-state index contributed by atoms with van der Waals surface area (Å²) in [5.41, 5.74) is 1.47. The molecule has 0 aliphatic carbocycles. The first-order chi connectivity index (χ1) is 9.51. The molecule has 0 aromatic carbocycles. The zero-order chi connectivity index (χ0) is 14.9. The quantitative estimate of drug-likeness (QED) is 0.789. The van der Waals surface area contributed by atoms with Gasteiger partial charge in [0.1, 0.15) is 12.2 Å². The third-order valence-corrected chi connectivity index (χ3v) is 3.73. The fourth-order valence-electron chi connectivity index (χ4n) is 2.61. The van der Waals surface area contributed by atoms with Crippen LogP contribution < -0.4 is 4.74 Å². The van der Waals surface area contributed by atoms with Gasteiger partial charge < -0.3 is 9.30 Å². The molecule has 2 rings (SSSR count). The number of ether oxygens (including phenoxy) is 1. The van der Waals surface area contributed by atoms with Crippen molar-refractivity contribution in [1.29, 1.82) is 0 Å². The monoisotopic (exact) mass is 296 g/mol. The van der Waals surface area contributed by atoms with Crippen molar-refractivity contribution in [2.45, 2.75) is 45.5 Å². The number of nitrogens with zero attached hydrogens (tertiary/aromatic N) is 4. The van der Waals surface area contributed by atoms with Crippen LogP contribution in [0.15, 0.2) is 6.33 Å². The average molecular weight is 297 g/mol. The Morgan fingerprint density at radius 3 is 2.50 bits per heavy atom. The second-order valence-electron chi connectivity index (χ2n) is 5.23. The van der Waals surface area contributed by atoms with E-state index >= 15 is 0 Å². The summed E-state index contributed by atoms with van der Waals surface area (Å²) in [5.74, 6) is 1.78. The molecule has 2 aromatic rings. The minimum atomic E-state index is -0.193. The summed E-state index contributed by atoms with van der Waals surface area (Å²) in [6.07, 6.45) is 2.50. The molecule has 0 spiro atoms. The van der Waals surface area contributed by atoms with Crippen LogP contribution in [0.4, 0.5) is 0 Å². The third-order valence-electron chi connectivity index (χ3n) is 3.54. The lowest BCUT2D eigenvalue weighted by Crippen LogP contribution is -2.17. The first-order valence-electron chi connectivity index (χ1n) is 6.92. The van der Waals surface area contributed by atoms with Gasteiger partial charge >= 0.3 is 0 Å². The van der Waals surface area contributed by atoms with Crippen molar-refractivity contribution in [3.63, 3.8) is 0 Å². The maximum absolute atomic E-state index is 6.31. The van der Waals surface area contributed by atoms with E-state index in [9.17, 15) is 0 Å². The van der Waals surface area contributed by atoms with Crippen LogP contribution in [-0.2, 0) is 0 Å². The van der Waals surface area contributed by atoms with Gasteiger partial charge in [0.25, 0.3) is 0 Å². The smallest absolute Gasteiger partial charge is 0.245 e. The molecule has 0 saturated carbocycles. The second-order valence-corrected chi connectivity index (χ2v) is 5.89. The van der Waals surface area contributed by atoms with E-state index in [1.54, 1.807) is 7.11 Å². The number of fused-ring (bicyclic) bond motifs is 1. The Hall–Kier alpha value is -1.36. The van der Waals surface area contributed by atoms with Gasteiger partial charge in [0.05, 0.1) is 12.5 Å². The highest BCUT2D eigenvalue weighted by Gasteiger charge is 2.25. The number of methoxy groups -OCH3 is 1. The summed E-state index contributed by atoms with van der Waals surface area (Å²) >= 11 is 6.31. The molecule has 2 heterocycles.